The van der Waals surface area contributed by atoms with E-state index in [9.17, 15) is 4.79 Å². The second kappa shape index (κ2) is 4.93. The van der Waals surface area contributed by atoms with E-state index in [1.54, 1.807) is 4.57 Å². The zero-order chi connectivity index (χ0) is 14.1. The van der Waals surface area contributed by atoms with Crippen LogP contribution in [0.2, 0.25) is 0 Å². The molecule has 1 aromatic heterocycles. The van der Waals surface area contributed by atoms with Crippen LogP contribution in [0.5, 0.6) is 0 Å². The molecule has 0 unspecified atom stereocenters. The molecule has 0 spiro atoms. The second-order valence-corrected chi connectivity index (χ2v) is 4.88. The van der Waals surface area contributed by atoms with Gasteiger partial charge in [-0.1, -0.05) is 31.2 Å². The average molecular weight is 264 g/mol. The molecule has 0 aliphatic rings. The molecule has 0 radical (unpaired) electrons. The van der Waals surface area contributed by atoms with Gasteiger partial charge in [0.05, 0.1) is 16.6 Å². The predicted octanol–water partition coefficient (Wildman–Crippen LogP) is 3.26. The third-order valence-corrected chi connectivity index (χ3v) is 3.42. The summed E-state index contributed by atoms with van der Waals surface area (Å²) in [7, 11) is 0. The second-order valence-electron chi connectivity index (χ2n) is 4.88. The molecule has 0 atom stereocenters. The number of benzene rings is 2. The van der Waals surface area contributed by atoms with Gasteiger partial charge in [-0.25, -0.2) is 4.98 Å². The summed E-state index contributed by atoms with van der Waals surface area (Å²) in [6.45, 7) is 4.04. The fourth-order valence-electron chi connectivity index (χ4n) is 2.45. The van der Waals surface area contributed by atoms with Gasteiger partial charge in [0.2, 0.25) is 0 Å². The van der Waals surface area contributed by atoms with Crippen LogP contribution >= 0.6 is 0 Å². The minimum Gasteiger partial charge on any atom is -0.268 e. The van der Waals surface area contributed by atoms with Crippen molar-refractivity contribution >= 4 is 10.9 Å². The smallest absolute Gasteiger partial charge is 0.265 e. The lowest BCUT2D eigenvalue weighted by Crippen LogP contribution is -2.23. The number of nitrogens with zero attached hydrogens (tertiary/aromatic N) is 2. The Morgan fingerprint density at radius 3 is 2.65 bits per heavy atom. The van der Waals surface area contributed by atoms with Crippen molar-refractivity contribution in [1.82, 2.24) is 9.55 Å². The minimum atomic E-state index is -0.00181. The molecule has 0 saturated heterocycles. The quantitative estimate of drug-likeness (QED) is 0.712. The van der Waals surface area contributed by atoms with Gasteiger partial charge < -0.3 is 0 Å². The van der Waals surface area contributed by atoms with Crippen LogP contribution in [0.3, 0.4) is 0 Å². The maximum absolute atomic E-state index is 12.7. The molecule has 1 heterocycles. The fourth-order valence-corrected chi connectivity index (χ4v) is 2.45. The molecule has 0 bridgehead atoms. The first-order chi connectivity index (χ1) is 9.70. The van der Waals surface area contributed by atoms with Crippen LogP contribution in [-0.2, 0) is 6.42 Å². The number of rotatable bonds is 2. The van der Waals surface area contributed by atoms with Crippen molar-refractivity contribution in [3.8, 4) is 5.69 Å². The predicted molar refractivity (Wildman–Crippen MR) is 81.5 cm³/mol. The maximum Gasteiger partial charge on any atom is 0.265 e. The van der Waals surface area contributed by atoms with Crippen LogP contribution in [0.1, 0.15) is 18.3 Å². The van der Waals surface area contributed by atoms with Gasteiger partial charge in [0.25, 0.3) is 5.56 Å². The third-order valence-electron chi connectivity index (χ3n) is 3.42. The standard InChI is InChI=1S/C17H16N2O/c1-3-16-18-15-10-5-4-9-14(15)17(20)19(16)13-8-6-7-12(2)11-13/h4-11H,3H2,1-2H3. The molecule has 100 valence electrons. The summed E-state index contributed by atoms with van der Waals surface area (Å²) in [6.07, 6.45) is 0.716. The first kappa shape index (κ1) is 12.6. The normalized spacial score (nSPS) is 10.9. The van der Waals surface area contributed by atoms with Crippen molar-refractivity contribution in [2.45, 2.75) is 20.3 Å². The van der Waals surface area contributed by atoms with Crippen LogP contribution in [-0.4, -0.2) is 9.55 Å². The van der Waals surface area contributed by atoms with Crippen molar-refractivity contribution in [2.24, 2.45) is 0 Å². The molecule has 0 N–H and O–H groups in total. The topological polar surface area (TPSA) is 34.9 Å². The third kappa shape index (κ3) is 2.01. The largest absolute Gasteiger partial charge is 0.268 e. The van der Waals surface area contributed by atoms with Gasteiger partial charge in [-0.3, -0.25) is 9.36 Å². The Morgan fingerprint density at radius 1 is 1.10 bits per heavy atom. The first-order valence-electron chi connectivity index (χ1n) is 6.78. The summed E-state index contributed by atoms with van der Waals surface area (Å²) >= 11 is 0. The van der Waals surface area contributed by atoms with Crippen molar-refractivity contribution in [3.63, 3.8) is 0 Å². The molecular formula is C17H16N2O. The Labute approximate surface area is 117 Å². The maximum atomic E-state index is 12.7. The lowest BCUT2D eigenvalue weighted by atomic mass is 10.2. The molecule has 0 amide bonds. The summed E-state index contributed by atoms with van der Waals surface area (Å²) in [5.74, 6) is 0.791. The van der Waals surface area contributed by atoms with Crippen LogP contribution in [0, 0.1) is 6.92 Å². The highest BCUT2D eigenvalue weighted by atomic mass is 16.1. The molecular weight excluding hydrogens is 248 g/mol. The highest BCUT2D eigenvalue weighted by Gasteiger charge is 2.10. The average Bonchev–Trinajstić information content (AvgIpc) is 2.47. The molecule has 3 nitrogen and oxygen atoms in total. The SMILES string of the molecule is CCc1nc2ccccc2c(=O)n1-c1cccc(C)c1. The number of fused-ring (bicyclic) bond motifs is 1. The highest BCUT2D eigenvalue weighted by molar-refractivity contribution is 5.77. The monoisotopic (exact) mass is 264 g/mol. The molecule has 0 aliphatic carbocycles. The van der Waals surface area contributed by atoms with E-state index < -0.39 is 0 Å². The van der Waals surface area contributed by atoms with Crippen LogP contribution in [0.25, 0.3) is 16.6 Å². The van der Waals surface area contributed by atoms with Gasteiger partial charge >= 0.3 is 0 Å². The van der Waals surface area contributed by atoms with Crippen LogP contribution in [0.15, 0.2) is 53.3 Å². The minimum absolute atomic E-state index is 0.00181. The molecule has 0 fully saturated rings. The Kier molecular flexibility index (Phi) is 3.11. The fraction of sp³-hybridized carbons (Fsp3) is 0.176. The summed E-state index contributed by atoms with van der Waals surface area (Å²) in [5, 5.41) is 0.659. The summed E-state index contributed by atoms with van der Waals surface area (Å²) in [4.78, 5) is 17.4. The van der Waals surface area contributed by atoms with E-state index in [1.165, 1.54) is 0 Å². The number of aromatic nitrogens is 2. The van der Waals surface area contributed by atoms with E-state index in [2.05, 4.69) is 4.98 Å². The van der Waals surface area contributed by atoms with Crippen molar-refractivity contribution < 1.29 is 0 Å². The molecule has 20 heavy (non-hydrogen) atoms. The number of hydrogen-bond acceptors (Lipinski definition) is 2. The van der Waals surface area contributed by atoms with Gasteiger partial charge in [-0.15, -0.1) is 0 Å². The summed E-state index contributed by atoms with van der Waals surface area (Å²) < 4.78 is 1.72. The summed E-state index contributed by atoms with van der Waals surface area (Å²) in [5.41, 5.74) is 2.77. The lowest BCUT2D eigenvalue weighted by Gasteiger charge is -2.12. The van der Waals surface area contributed by atoms with Crippen LogP contribution in [0.4, 0.5) is 0 Å². The molecule has 3 aromatic rings. The molecule has 2 aromatic carbocycles. The first-order valence-corrected chi connectivity index (χ1v) is 6.78. The Bertz CT molecular complexity index is 834. The Hall–Kier alpha value is -2.42. The van der Waals surface area contributed by atoms with E-state index in [1.807, 2.05) is 62.4 Å². The van der Waals surface area contributed by atoms with Gasteiger partial charge in [-0.2, -0.15) is 0 Å². The van der Waals surface area contributed by atoms with Crippen molar-refractivity contribution in [3.05, 3.63) is 70.3 Å². The molecule has 3 heteroatoms. The number of hydrogen-bond donors (Lipinski definition) is 0. The Morgan fingerprint density at radius 2 is 1.90 bits per heavy atom. The number of para-hydroxylation sites is 1. The van der Waals surface area contributed by atoms with Gasteiger partial charge in [0, 0.05) is 6.42 Å². The van der Waals surface area contributed by atoms with E-state index in [4.69, 9.17) is 0 Å². The number of aryl methyl sites for hydroxylation is 2. The zero-order valence-corrected chi connectivity index (χ0v) is 11.6. The van der Waals surface area contributed by atoms with Crippen LogP contribution < -0.4 is 5.56 Å². The molecule has 0 saturated carbocycles. The zero-order valence-electron chi connectivity index (χ0n) is 11.6. The Balaban J connectivity index is 2.40. The van der Waals surface area contributed by atoms with E-state index in [0.29, 0.717) is 11.8 Å². The van der Waals surface area contributed by atoms with E-state index >= 15 is 0 Å². The lowest BCUT2D eigenvalue weighted by molar-refractivity contribution is 0.832. The van der Waals surface area contributed by atoms with Gasteiger partial charge in [0.15, 0.2) is 0 Å². The molecule has 3 rings (SSSR count). The highest BCUT2D eigenvalue weighted by Crippen LogP contribution is 2.14. The van der Waals surface area contributed by atoms with Gasteiger partial charge in [0.1, 0.15) is 5.82 Å². The van der Waals surface area contributed by atoms with E-state index in [0.717, 1.165) is 22.6 Å². The van der Waals surface area contributed by atoms with E-state index in [-0.39, 0.29) is 5.56 Å². The van der Waals surface area contributed by atoms with Crippen molar-refractivity contribution in [2.75, 3.05) is 0 Å². The summed E-state index contributed by atoms with van der Waals surface area (Å²) in [6, 6.07) is 15.4. The van der Waals surface area contributed by atoms with Gasteiger partial charge in [-0.05, 0) is 36.8 Å². The molecule has 0 aliphatic heterocycles. The van der Waals surface area contributed by atoms with Crippen molar-refractivity contribution in [1.29, 1.82) is 0 Å².